The molecule has 0 N–H and O–H groups in total. The third kappa shape index (κ3) is 4.28. The van der Waals surface area contributed by atoms with Crippen LogP contribution in [-0.2, 0) is 21.1 Å². The fourth-order valence-corrected chi connectivity index (χ4v) is 12.9. The monoisotopic (exact) mass is 510 g/mol. The van der Waals surface area contributed by atoms with E-state index in [-0.39, 0.29) is 17.3 Å². The zero-order valence-corrected chi connectivity index (χ0v) is 19.0. The van der Waals surface area contributed by atoms with Gasteiger partial charge in [0.25, 0.3) is 0 Å². The van der Waals surface area contributed by atoms with E-state index in [1.807, 2.05) is 48.6 Å². The van der Waals surface area contributed by atoms with Gasteiger partial charge in [0.15, 0.2) is 0 Å². The van der Waals surface area contributed by atoms with E-state index in [0.717, 1.165) is 0 Å². The molecule has 2 aromatic carbocycles. The molecule has 4 rings (SSSR count). The first-order valence-electron chi connectivity index (χ1n) is 8.96. The number of benzene rings is 2. The second kappa shape index (κ2) is 8.59. The first-order chi connectivity index (χ1) is 14.0. The summed E-state index contributed by atoms with van der Waals surface area (Å²) < 4.78 is 40.1. The van der Waals surface area contributed by atoms with Crippen molar-refractivity contribution in [2.75, 3.05) is 0 Å². The molecule has 0 fully saturated rings. The molecule has 2 nitrogen and oxygen atoms in total. The molecule has 2 aliphatic rings. The van der Waals surface area contributed by atoms with Gasteiger partial charge >= 0.3 is 184 Å². The van der Waals surface area contributed by atoms with Crippen molar-refractivity contribution in [3.05, 3.63) is 107 Å². The van der Waals surface area contributed by atoms with Crippen molar-refractivity contribution >= 4 is 23.2 Å². The third-order valence-electron chi connectivity index (χ3n) is 4.75. The molecule has 29 heavy (non-hydrogen) atoms. The predicted molar refractivity (Wildman–Crippen MR) is 108 cm³/mol. The van der Waals surface area contributed by atoms with Gasteiger partial charge in [-0.15, -0.1) is 0 Å². The Kier molecular flexibility index (Phi) is 6.10. The summed E-state index contributed by atoms with van der Waals surface area (Å²) in [5, 5.41) is 0.327. The van der Waals surface area contributed by atoms with Crippen molar-refractivity contribution in [3.8, 4) is 11.5 Å². The molecule has 0 atom stereocenters. The van der Waals surface area contributed by atoms with Gasteiger partial charge in [0.1, 0.15) is 0 Å². The van der Waals surface area contributed by atoms with E-state index in [4.69, 9.17) is 28.8 Å². The van der Waals surface area contributed by atoms with Gasteiger partial charge in [-0.1, -0.05) is 0 Å². The molecule has 0 radical (unpaired) electrons. The van der Waals surface area contributed by atoms with Gasteiger partial charge in [-0.2, -0.15) is 0 Å². The normalized spacial score (nSPS) is 16.1. The Morgan fingerprint density at radius 2 is 1.03 bits per heavy atom. The zero-order chi connectivity index (χ0) is 20.4. The first kappa shape index (κ1) is 20.6. The Balaban J connectivity index is 1.83. The standard InChI is InChI=1S/2C6H4ClFO.2C5H5.Zr/c2*7-5-3-4(8)1-2-6(5)9;2*1-2-4-5-3-1;/h2*1-3,9H;2*1-5H;/q;;;;+2/p-2. The van der Waals surface area contributed by atoms with Gasteiger partial charge in [-0.3, -0.25) is 0 Å². The fraction of sp³-hybridized carbons (Fsp3) is 0.0909. The molecule has 0 saturated carbocycles. The molecule has 2 aromatic rings. The van der Waals surface area contributed by atoms with Crippen molar-refractivity contribution < 1.29 is 35.6 Å². The Hall–Kier alpha value is -1.68. The van der Waals surface area contributed by atoms with E-state index in [2.05, 4.69) is 0 Å². The number of hydrogen-bond acceptors (Lipinski definition) is 2. The molecule has 0 heterocycles. The summed E-state index contributed by atoms with van der Waals surface area (Å²) in [6.07, 6.45) is 15.8. The van der Waals surface area contributed by atoms with Crippen LogP contribution in [0.15, 0.2) is 85.0 Å². The van der Waals surface area contributed by atoms with Crippen molar-refractivity contribution in [2.45, 2.75) is 7.25 Å². The van der Waals surface area contributed by atoms with Crippen molar-refractivity contribution in [2.24, 2.45) is 0 Å². The molecule has 0 unspecified atom stereocenters. The minimum atomic E-state index is -4.27. The van der Waals surface area contributed by atoms with Crippen LogP contribution in [0, 0.1) is 11.6 Å². The Morgan fingerprint density at radius 1 is 0.655 bits per heavy atom. The Bertz CT molecular complexity index is 942. The first-order valence-corrected chi connectivity index (χ1v) is 14.6. The number of rotatable bonds is 6. The second-order valence-electron chi connectivity index (χ2n) is 6.67. The molecule has 0 amide bonds. The predicted octanol–water partition coefficient (Wildman–Crippen LogP) is 7.54. The van der Waals surface area contributed by atoms with E-state index < -0.39 is 32.8 Å². The van der Waals surface area contributed by atoms with Crippen LogP contribution in [0.25, 0.3) is 0 Å². The summed E-state index contributed by atoms with van der Waals surface area (Å²) >= 11 is 8.27. The van der Waals surface area contributed by atoms with Gasteiger partial charge in [0.05, 0.1) is 0 Å². The van der Waals surface area contributed by atoms with E-state index in [1.54, 1.807) is 0 Å². The summed E-state index contributed by atoms with van der Waals surface area (Å²) in [6, 6.07) is 8.01. The minimum absolute atomic E-state index is 0.107. The molecule has 0 saturated heterocycles. The topological polar surface area (TPSA) is 18.5 Å². The van der Waals surface area contributed by atoms with E-state index >= 15 is 0 Å². The van der Waals surface area contributed by atoms with E-state index in [0.29, 0.717) is 11.5 Å². The van der Waals surface area contributed by atoms with Crippen LogP contribution >= 0.6 is 23.2 Å². The summed E-state index contributed by atoms with van der Waals surface area (Å²) in [7, 11) is 0. The van der Waals surface area contributed by atoms with E-state index in [9.17, 15) is 8.78 Å². The average molecular weight is 512 g/mol. The molecule has 0 aromatic heterocycles. The molecule has 7 heteroatoms. The SMILES string of the molecule is Fc1ccc([O][Zr]([O]c2ccc(F)cc2Cl)([CH]2C=CC=C2)[CH]2C=CC=C2)c(Cl)c1. The molecule has 0 spiro atoms. The van der Waals surface area contributed by atoms with Crippen molar-refractivity contribution in [1.29, 1.82) is 0 Å². The quantitative estimate of drug-likeness (QED) is 0.398. The molecule has 0 bridgehead atoms. The molecule has 148 valence electrons. The van der Waals surface area contributed by atoms with Gasteiger partial charge in [-0.25, -0.2) is 0 Å². The van der Waals surface area contributed by atoms with Crippen LogP contribution < -0.4 is 5.63 Å². The molecule has 0 aliphatic heterocycles. The van der Waals surface area contributed by atoms with Gasteiger partial charge in [-0.05, 0) is 0 Å². The summed E-state index contributed by atoms with van der Waals surface area (Å²) in [5.41, 5.74) is 0. The molecular weight excluding hydrogens is 496 g/mol. The van der Waals surface area contributed by atoms with Crippen LogP contribution in [0.1, 0.15) is 0 Å². The van der Waals surface area contributed by atoms with E-state index in [1.165, 1.54) is 36.4 Å². The van der Waals surface area contributed by atoms with Crippen LogP contribution in [-0.4, -0.2) is 0 Å². The van der Waals surface area contributed by atoms with Gasteiger partial charge in [0.2, 0.25) is 0 Å². The number of hydrogen-bond donors (Lipinski definition) is 0. The second-order valence-corrected chi connectivity index (χ2v) is 15.3. The van der Waals surface area contributed by atoms with Gasteiger partial charge < -0.3 is 0 Å². The van der Waals surface area contributed by atoms with Crippen LogP contribution in [0.3, 0.4) is 0 Å². The Labute approximate surface area is 183 Å². The zero-order valence-electron chi connectivity index (χ0n) is 15.1. The van der Waals surface area contributed by atoms with Gasteiger partial charge in [0, 0.05) is 0 Å². The Morgan fingerprint density at radius 3 is 1.38 bits per heavy atom. The van der Waals surface area contributed by atoms with Crippen molar-refractivity contribution in [3.63, 3.8) is 0 Å². The maximum atomic E-state index is 13.6. The van der Waals surface area contributed by atoms with Crippen LogP contribution in [0.4, 0.5) is 8.78 Å². The fourth-order valence-electron chi connectivity index (χ4n) is 3.38. The average Bonchev–Trinajstić information content (AvgIpc) is 3.39. The summed E-state index contributed by atoms with van der Waals surface area (Å²) in [5.74, 6) is -0.201. The molecular formula is C22H16Cl2F2O2Zr. The van der Waals surface area contributed by atoms with Crippen molar-refractivity contribution in [1.82, 2.24) is 0 Å². The number of allylic oxidation sites excluding steroid dienone is 8. The van der Waals surface area contributed by atoms with Crippen LogP contribution in [0.2, 0.25) is 17.3 Å². The molecule has 2 aliphatic carbocycles. The maximum absolute atomic E-state index is 13.6. The summed E-state index contributed by atoms with van der Waals surface area (Å²) in [4.78, 5) is 0. The summed E-state index contributed by atoms with van der Waals surface area (Å²) in [6.45, 7) is 0. The number of halogens is 4. The van der Waals surface area contributed by atoms with Crippen LogP contribution in [0.5, 0.6) is 11.5 Å². The third-order valence-corrected chi connectivity index (χ3v) is 14.5.